The van der Waals surface area contributed by atoms with Crippen LogP contribution in [0.1, 0.15) is 23.7 Å². The average molecular weight is 269 g/mol. The molecule has 1 aromatic carbocycles. The minimum atomic E-state index is -0.912. The lowest BCUT2D eigenvalue weighted by Gasteiger charge is -2.07. The van der Waals surface area contributed by atoms with Crippen molar-refractivity contribution in [1.82, 2.24) is 0 Å². The normalized spacial score (nSPS) is 21.4. The molecule has 0 spiro atoms. The fourth-order valence-corrected chi connectivity index (χ4v) is 2.13. The maximum Gasteiger partial charge on any atom is 0.307 e. The van der Waals surface area contributed by atoms with Crippen molar-refractivity contribution in [3.63, 3.8) is 0 Å². The van der Waals surface area contributed by atoms with Gasteiger partial charge in [0.25, 0.3) is 0 Å². The molecule has 1 N–H and O–H groups in total. The van der Waals surface area contributed by atoms with Crippen LogP contribution >= 0.6 is 11.6 Å². The Hall–Kier alpha value is -1.55. The van der Waals surface area contributed by atoms with E-state index in [-0.39, 0.29) is 5.78 Å². The number of benzene rings is 1. The molecule has 0 saturated heterocycles. The summed E-state index contributed by atoms with van der Waals surface area (Å²) < 4.78 is 5.27. The molecule has 0 aliphatic heterocycles. The van der Waals surface area contributed by atoms with Gasteiger partial charge in [-0.2, -0.15) is 0 Å². The second kappa shape index (κ2) is 4.98. The van der Waals surface area contributed by atoms with Crippen molar-refractivity contribution >= 4 is 23.4 Å². The van der Waals surface area contributed by atoms with Crippen LogP contribution in [0.15, 0.2) is 18.2 Å². The van der Waals surface area contributed by atoms with Crippen LogP contribution in [0.2, 0.25) is 5.02 Å². The zero-order valence-electron chi connectivity index (χ0n) is 9.85. The van der Waals surface area contributed by atoms with Crippen LogP contribution in [0.25, 0.3) is 0 Å². The van der Waals surface area contributed by atoms with Crippen molar-refractivity contribution in [3.8, 4) is 5.75 Å². The molecular weight excluding hydrogens is 256 g/mol. The van der Waals surface area contributed by atoms with E-state index in [1.54, 1.807) is 12.1 Å². The molecule has 1 aliphatic carbocycles. The summed E-state index contributed by atoms with van der Waals surface area (Å²) in [5, 5.41) is 9.16. The lowest BCUT2D eigenvalue weighted by atomic mass is 10.1. The minimum Gasteiger partial charge on any atom is -0.492 e. The zero-order valence-corrected chi connectivity index (χ0v) is 10.6. The maximum atomic E-state index is 12.0. The predicted molar refractivity (Wildman–Crippen MR) is 66.2 cm³/mol. The molecule has 0 radical (unpaired) electrons. The molecule has 0 aromatic heterocycles. The van der Waals surface area contributed by atoms with Gasteiger partial charge in [0.2, 0.25) is 0 Å². The highest BCUT2D eigenvalue weighted by Gasteiger charge is 2.48. The first-order valence-corrected chi connectivity index (χ1v) is 6.11. The Morgan fingerprint density at radius 3 is 2.67 bits per heavy atom. The van der Waals surface area contributed by atoms with Crippen molar-refractivity contribution in [2.45, 2.75) is 13.3 Å². The lowest BCUT2D eigenvalue weighted by molar-refractivity contribution is -0.138. The van der Waals surface area contributed by atoms with Crippen LogP contribution in [0.4, 0.5) is 0 Å². The van der Waals surface area contributed by atoms with Crippen molar-refractivity contribution in [2.24, 2.45) is 11.8 Å². The Kier molecular flexibility index (Phi) is 3.57. The van der Waals surface area contributed by atoms with E-state index in [1.165, 1.54) is 6.07 Å². The quantitative estimate of drug-likeness (QED) is 0.834. The van der Waals surface area contributed by atoms with Crippen LogP contribution < -0.4 is 4.74 Å². The third kappa shape index (κ3) is 2.48. The molecule has 5 heteroatoms. The van der Waals surface area contributed by atoms with Crippen molar-refractivity contribution < 1.29 is 19.4 Å². The Bertz CT molecular complexity index is 498. The number of carboxylic acid groups (broad SMARTS) is 1. The van der Waals surface area contributed by atoms with Gasteiger partial charge in [0.1, 0.15) is 5.75 Å². The molecule has 96 valence electrons. The average Bonchev–Trinajstić information content (AvgIpc) is 3.11. The first-order chi connectivity index (χ1) is 8.54. The van der Waals surface area contributed by atoms with Crippen LogP contribution in [0.5, 0.6) is 5.75 Å². The molecule has 1 aromatic rings. The molecule has 1 saturated carbocycles. The standard InChI is InChI=1S/C13H13ClO4/c1-2-18-11-4-3-7(5-10(11)14)12(15)8-6-9(8)13(16)17/h3-5,8-9H,2,6H2,1H3,(H,16,17). The molecule has 18 heavy (non-hydrogen) atoms. The molecule has 0 bridgehead atoms. The number of Topliss-reactive ketones (excluding diaryl/α,β-unsaturated/α-hetero) is 1. The summed E-state index contributed by atoms with van der Waals surface area (Å²) in [5.74, 6) is -1.49. The van der Waals surface area contributed by atoms with E-state index in [9.17, 15) is 9.59 Å². The van der Waals surface area contributed by atoms with Crippen LogP contribution in [0, 0.1) is 11.8 Å². The fourth-order valence-electron chi connectivity index (χ4n) is 1.90. The molecule has 2 rings (SSSR count). The fraction of sp³-hybridized carbons (Fsp3) is 0.385. The van der Waals surface area contributed by atoms with E-state index < -0.39 is 17.8 Å². The number of carbonyl (C=O) groups excluding carboxylic acids is 1. The summed E-state index contributed by atoms with van der Waals surface area (Å²) in [4.78, 5) is 22.7. The van der Waals surface area contributed by atoms with Gasteiger partial charge in [-0.15, -0.1) is 0 Å². The molecule has 0 amide bonds. The van der Waals surface area contributed by atoms with Crippen molar-refractivity contribution in [2.75, 3.05) is 6.61 Å². The lowest BCUT2D eigenvalue weighted by Crippen LogP contribution is -2.08. The molecule has 4 nitrogen and oxygen atoms in total. The molecule has 1 aliphatic rings. The predicted octanol–water partition coefficient (Wildman–Crippen LogP) is 2.64. The molecule has 2 unspecified atom stereocenters. The van der Waals surface area contributed by atoms with Crippen LogP contribution in [-0.2, 0) is 4.79 Å². The summed E-state index contributed by atoms with van der Waals surface area (Å²) >= 11 is 5.98. The van der Waals surface area contributed by atoms with Gasteiger partial charge in [0.15, 0.2) is 5.78 Å². The van der Waals surface area contributed by atoms with E-state index in [0.29, 0.717) is 29.4 Å². The number of rotatable bonds is 5. The highest BCUT2D eigenvalue weighted by Crippen LogP contribution is 2.41. The monoisotopic (exact) mass is 268 g/mol. The minimum absolute atomic E-state index is 0.160. The van der Waals surface area contributed by atoms with Gasteiger partial charge in [-0.25, -0.2) is 0 Å². The summed E-state index contributed by atoms with van der Waals surface area (Å²) in [6.07, 6.45) is 0.416. The Morgan fingerprint density at radius 2 is 2.17 bits per heavy atom. The topological polar surface area (TPSA) is 63.6 Å². The summed E-state index contributed by atoms with van der Waals surface area (Å²) in [6, 6.07) is 4.79. The second-order valence-electron chi connectivity index (χ2n) is 4.23. The summed E-state index contributed by atoms with van der Waals surface area (Å²) in [6.45, 7) is 2.34. The second-order valence-corrected chi connectivity index (χ2v) is 4.64. The van der Waals surface area contributed by atoms with Gasteiger partial charge in [-0.1, -0.05) is 11.6 Å². The van der Waals surface area contributed by atoms with Gasteiger partial charge in [0.05, 0.1) is 17.5 Å². The highest BCUT2D eigenvalue weighted by atomic mass is 35.5. The smallest absolute Gasteiger partial charge is 0.307 e. The number of carboxylic acids is 1. The Balaban J connectivity index is 2.13. The first kappa shape index (κ1) is 12.9. The van der Waals surface area contributed by atoms with Crippen molar-refractivity contribution in [3.05, 3.63) is 28.8 Å². The van der Waals surface area contributed by atoms with E-state index in [1.807, 2.05) is 6.92 Å². The highest BCUT2D eigenvalue weighted by molar-refractivity contribution is 6.32. The van der Waals surface area contributed by atoms with Crippen LogP contribution in [0.3, 0.4) is 0 Å². The maximum absolute atomic E-state index is 12.0. The number of hydrogen-bond donors (Lipinski definition) is 1. The van der Waals surface area contributed by atoms with E-state index in [4.69, 9.17) is 21.4 Å². The summed E-state index contributed by atoms with van der Waals surface area (Å²) in [5.41, 5.74) is 0.442. The first-order valence-electron chi connectivity index (χ1n) is 5.74. The van der Waals surface area contributed by atoms with Crippen molar-refractivity contribution in [1.29, 1.82) is 0 Å². The van der Waals surface area contributed by atoms with E-state index in [0.717, 1.165) is 0 Å². The molecule has 0 heterocycles. The number of aliphatic carboxylic acids is 1. The third-order valence-electron chi connectivity index (χ3n) is 2.96. The van der Waals surface area contributed by atoms with Gasteiger partial charge >= 0.3 is 5.97 Å². The number of ketones is 1. The van der Waals surface area contributed by atoms with E-state index >= 15 is 0 Å². The van der Waals surface area contributed by atoms with Gasteiger partial charge < -0.3 is 9.84 Å². The van der Waals surface area contributed by atoms with Gasteiger partial charge in [-0.3, -0.25) is 9.59 Å². The van der Waals surface area contributed by atoms with Crippen LogP contribution in [-0.4, -0.2) is 23.5 Å². The Morgan fingerprint density at radius 1 is 1.44 bits per heavy atom. The number of hydrogen-bond acceptors (Lipinski definition) is 3. The Labute approximate surface area is 110 Å². The SMILES string of the molecule is CCOc1ccc(C(=O)C2CC2C(=O)O)cc1Cl. The molecule has 1 fully saturated rings. The van der Waals surface area contributed by atoms with E-state index in [2.05, 4.69) is 0 Å². The molecular formula is C13H13ClO4. The third-order valence-corrected chi connectivity index (χ3v) is 3.26. The number of ether oxygens (including phenoxy) is 1. The zero-order chi connectivity index (χ0) is 13.3. The number of carbonyl (C=O) groups is 2. The molecule has 2 atom stereocenters. The van der Waals surface area contributed by atoms with Gasteiger partial charge in [-0.05, 0) is 31.5 Å². The largest absolute Gasteiger partial charge is 0.492 e. The number of halogens is 1. The van der Waals surface area contributed by atoms with Gasteiger partial charge in [0, 0.05) is 11.5 Å². The summed E-state index contributed by atoms with van der Waals surface area (Å²) in [7, 11) is 0.